The van der Waals surface area contributed by atoms with E-state index in [-0.39, 0.29) is 23.7 Å². The van der Waals surface area contributed by atoms with Crippen LogP contribution >= 0.6 is 0 Å². The monoisotopic (exact) mass is 348 g/mol. The van der Waals surface area contributed by atoms with Gasteiger partial charge in [-0.1, -0.05) is 12.2 Å². The molecule has 0 radical (unpaired) electrons. The van der Waals surface area contributed by atoms with Crippen LogP contribution in [0.2, 0.25) is 0 Å². The van der Waals surface area contributed by atoms with Gasteiger partial charge in [-0.15, -0.1) is 0 Å². The molecule has 2 atom stereocenters. The lowest BCUT2D eigenvalue weighted by molar-refractivity contribution is -0.384. The lowest BCUT2D eigenvalue weighted by Crippen LogP contribution is -2.30. The van der Waals surface area contributed by atoms with E-state index in [4.69, 9.17) is 9.47 Å². The maximum atomic E-state index is 12.2. The summed E-state index contributed by atoms with van der Waals surface area (Å²) in [4.78, 5) is 34.5. The summed E-state index contributed by atoms with van der Waals surface area (Å²) in [7, 11) is 1.39. The number of nitro groups is 1. The van der Waals surface area contributed by atoms with Gasteiger partial charge in [0.1, 0.15) is 11.4 Å². The Kier molecular flexibility index (Phi) is 6.10. The number of nitrogens with one attached hydrogen (secondary N) is 1. The van der Waals surface area contributed by atoms with Crippen LogP contribution in [0.3, 0.4) is 0 Å². The van der Waals surface area contributed by atoms with E-state index in [1.807, 2.05) is 12.2 Å². The fraction of sp³-hybridized carbons (Fsp3) is 0.412. The smallest absolute Gasteiger partial charge is 0.307 e. The number of carbonyl (C=O) groups excluding carboxylic acids is 2. The Morgan fingerprint density at radius 2 is 2.20 bits per heavy atom. The summed E-state index contributed by atoms with van der Waals surface area (Å²) in [6.45, 7) is 1.42. The van der Waals surface area contributed by atoms with Gasteiger partial charge in [-0.25, -0.2) is 0 Å². The summed E-state index contributed by atoms with van der Waals surface area (Å²) in [5, 5.41) is 13.5. The fourth-order valence-corrected chi connectivity index (χ4v) is 2.51. The minimum Gasteiger partial charge on any atom is -0.496 e. The Morgan fingerprint density at radius 3 is 2.80 bits per heavy atom. The van der Waals surface area contributed by atoms with E-state index in [0.29, 0.717) is 5.75 Å². The van der Waals surface area contributed by atoms with E-state index in [0.717, 1.165) is 12.8 Å². The normalized spacial score (nSPS) is 17.0. The average molecular weight is 348 g/mol. The molecule has 0 spiro atoms. The molecule has 0 bridgehead atoms. The maximum absolute atomic E-state index is 12.2. The van der Waals surface area contributed by atoms with Gasteiger partial charge >= 0.3 is 5.97 Å². The molecule has 2 rings (SSSR count). The van der Waals surface area contributed by atoms with Gasteiger partial charge in [0.2, 0.25) is 0 Å². The maximum Gasteiger partial charge on any atom is 0.307 e. The van der Waals surface area contributed by atoms with E-state index in [2.05, 4.69) is 5.32 Å². The molecule has 1 aromatic rings. The topological polar surface area (TPSA) is 108 Å². The zero-order valence-corrected chi connectivity index (χ0v) is 14.1. The van der Waals surface area contributed by atoms with Crippen molar-refractivity contribution in [3.63, 3.8) is 0 Å². The third-order valence-electron chi connectivity index (χ3n) is 3.88. The molecule has 0 saturated heterocycles. The molecular weight excluding hydrogens is 328 g/mol. The third-order valence-corrected chi connectivity index (χ3v) is 3.88. The van der Waals surface area contributed by atoms with E-state index in [9.17, 15) is 19.7 Å². The van der Waals surface area contributed by atoms with Crippen LogP contribution in [0, 0.1) is 16.0 Å². The summed E-state index contributed by atoms with van der Waals surface area (Å²) in [6, 6.07) is 4.07. The van der Waals surface area contributed by atoms with Crippen LogP contribution in [0.5, 0.6) is 5.75 Å². The number of allylic oxidation sites excluding steroid dienone is 2. The largest absolute Gasteiger partial charge is 0.496 e. The number of nitro benzene ring substituents is 1. The molecule has 0 aromatic heterocycles. The molecule has 1 N–H and O–H groups in total. The molecule has 0 aliphatic heterocycles. The van der Waals surface area contributed by atoms with Crippen molar-refractivity contribution in [3.05, 3.63) is 40.5 Å². The molecule has 134 valence electrons. The average Bonchev–Trinajstić information content (AvgIpc) is 3.07. The van der Waals surface area contributed by atoms with Gasteiger partial charge in [0.05, 0.1) is 24.5 Å². The van der Waals surface area contributed by atoms with Crippen LogP contribution in [0.25, 0.3) is 0 Å². The first-order valence-electron chi connectivity index (χ1n) is 7.90. The van der Waals surface area contributed by atoms with Crippen molar-refractivity contribution >= 4 is 23.3 Å². The van der Waals surface area contributed by atoms with E-state index >= 15 is 0 Å². The first kappa shape index (κ1) is 18.4. The molecule has 0 heterocycles. The number of benzene rings is 1. The summed E-state index contributed by atoms with van der Waals surface area (Å²) < 4.78 is 10.0. The Hall–Kier alpha value is -2.90. The second-order valence-corrected chi connectivity index (χ2v) is 5.73. The van der Waals surface area contributed by atoms with Crippen molar-refractivity contribution in [2.75, 3.05) is 12.4 Å². The number of methoxy groups -OCH3 is 1. The highest BCUT2D eigenvalue weighted by Gasteiger charge is 2.23. The van der Waals surface area contributed by atoms with Crippen molar-refractivity contribution in [2.45, 2.75) is 32.3 Å². The molecule has 0 saturated carbocycles. The van der Waals surface area contributed by atoms with Crippen molar-refractivity contribution < 1.29 is 24.0 Å². The summed E-state index contributed by atoms with van der Waals surface area (Å²) in [5.74, 6) is -0.661. The van der Waals surface area contributed by atoms with Gasteiger partial charge in [0, 0.05) is 0 Å². The Bertz CT molecular complexity index is 700. The predicted octanol–water partition coefficient (Wildman–Crippen LogP) is 2.83. The van der Waals surface area contributed by atoms with Gasteiger partial charge in [-0.2, -0.15) is 0 Å². The van der Waals surface area contributed by atoms with Crippen LogP contribution < -0.4 is 10.1 Å². The Labute approximate surface area is 145 Å². The Balaban J connectivity index is 1.97. The third kappa shape index (κ3) is 5.03. The standard InChI is InChI=1S/C17H20N2O6/c1-11(25-16(20)9-12-5-3-4-6-12)17(21)18-14-8-7-13(24-2)10-15(14)19(22)23/h3,5,7-8,10-12H,4,6,9H2,1-2H3,(H,18,21)/t11-,12+/m1/s1. The fourth-order valence-electron chi connectivity index (χ4n) is 2.51. The summed E-state index contributed by atoms with van der Waals surface area (Å²) >= 11 is 0. The minimum atomic E-state index is -1.06. The molecule has 1 amide bonds. The summed E-state index contributed by atoms with van der Waals surface area (Å²) in [5.41, 5.74) is -0.292. The highest BCUT2D eigenvalue weighted by atomic mass is 16.6. The summed E-state index contributed by atoms with van der Waals surface area (Å²) in [6.07, 6.45) is 4.98. The molecule has 1 aliphatic rings. The number of nitrogens with zero attached hydrogens (tertiary/aromatic N) is 1. The number of anilines is 1. The molecule has 1 aliphatic carbocycles. The second kappa shape index (κ2) is 8.27. The van der Waals surface area contributed by atoms with Gasteiger partial charge in [-0.3, -0.25) is 19.7 Å². The molecule has 0 unspecified atom stereocenters. The van der Waals surface area contributed by atoms with Crippen LogP contribution in [-0.2, 0) is 14.3 Å². The molecule has 8 nitrogen and oxygen atoms in total. The molecular formula is C17H20N2O6. The zero-order chi connectivity index (χ0) is 18.4. The van der Waals surface area contributed by atoms with Gasteiger partial charge < -0.3 is 14.8 Å². The van der Waals surface area contributed by atoms with Crippen LogP contribution in [-0.4, -0.2) is 30.0 Å². The van der Waals surface area contributed by atoms with Crippen LogP contribution in [0.1, 0.15) is 26.2 Å². The van der Waals surface area contributed by atoms with E-state index in [1.165, 1.54) is 32.2 Å². The van der Waals surface area contributed by atoms with Crippen LogP contribution in [0.15, 0.2) is 30.4 Å². The number of hydrogen-bond acceptors (Lipinski definition) is 6. The molecule has 25 heavy (non-hydrogen) atoms. The predicted molar refractivity (Wildman–Crippen MR) is 90.3 cm³/mol. The number of hydrogen-bond donors (Lipinski definition) is 1. The number of ether oxygens (including phenoxy) is 2. The lowest BCUT2D eigenvalue weighted by Gasteiger charge is -2.15. The van der Waals surface area contributed by atoms with Crippen molar-refractivity contribution in [3.8, 4) is 5.75 Å². The molecule has 8 heteroatoms. The Morgan fingerprint density at radius 1 is 1.44 bits per heavy atom. The van der Waals surface area contributed by atoms with Crippen molar-refractivity contribution in [2.24, 2.45) is 5.92 Å². The number of amides is 1. The van der Waals surface area contributed by atoms with E-state index < -0.39 is 22.9 Å². The van der Waals surface area contributed by atoms with Crippen molar-refractivity contribution in [1.29, 1.82) is 0 Å². The van der Waals surface area contributed by atoms with Gasteiger partial charge in [-0.05, 0) is 37.8 Å². The number of rotatable bonds is 7. The lowest BCUT2D eigenvalue weighted by atomic mass is 10.1. The SMILES string of the molecule is COc1ccc(NC(=O)[C@@H](C)OC(=O)C[C@H]2C=CCC2)c([N+](=O)[O-])c1. The van der Waals surface area contributed by atoms with E-state index in [1.54, 1.807) is 0 Å². The minimum absolute atomic E-state index is 0.0115. The van der Waals surface area contributed by atoms with Crippen molar-refractivity contribution in [1.82, 2.24) is 0 Å². The quantitative estimate of drug-likeness (QED) is 0.351. The number of esters is 1. The second-order valence-electron chi connectivity index (χ2n) is 5.73. The molecule has 1 aromatic carbocycles. The van der Waals surface area contributed by atoms with Crippen LogP contribution in [0.4, 0.5) is 11.4 Å². The first-order chi connectivity index (χ1) is 11.9. The highest BCUT2D eigenvalue weighted by molar-refractivity contribution is 5.97. The number of carbonyl (C=O) groups is 2. The highest BCUT2D eigenvalue weighted by Crippen LogP contribution is 2.29. The zero-order valence-electron chi connectivity index (χ0n) is 14.1. The first-order valence-corrected chi connectivity index (χ1v) is 7.90. The molecule has 0 fully saturated rings. The van der Waals surface area contributed by atoms with Gasteiger partial charge in [0.15, 0.2) is 6.10 Å². The van der Waals surface area contributed by atoms with Gasteiger partial charge in [0.25, 0.3) is 11.6 Å².